The van der Waals surface area contributed by atoms with Crippen molar-refractivity contribution in [2.24, 2.45) is 0 Å². The van der Waals surface area contributed by atoms with Crippen molar-refractivity contribution in [1.82, 2.24) is 0 Å². The second-order valence-electron chi connectivity index (χ2n) is 7.38. The monoisotopic (exact) mass is 410 g/mol. The predicted molar refractivity (Wildman–Crippen MR) is 105 cm³/mol. The number of carbonyl (C=O) groups excluding carboxylic acids is 1. The van der Waals surface area contributed by atoms with Gasteiger partial charge < -0.3 is 15.0 Å². The Kier molecular flexibility index (Phi) is 15.1. The van der Waals surface area contributed by atoms with Gasteiger partial charge in [0.15, 0.2) is 0 Å². The molecule has 0 saturated carbocycles. The van der Waals surface area contributed by atoms with Crippen LogP contribution in [0.4, 0.5) is 0 Å². The summed E-state index contributed by atoms with van der Waals surface area (Å²) < 4.78 is 35.6. The van der Waals surface area contributed by atoms with Crippen LogP contribution in [0.15, 0.2) is 0 Å². The number of rotatable bonds is 18. The van der Waals surface area contributed by atoms with Crippen LogP contribution in [0, 0.1) is 0 Å². The SMILES string of the molecule is CCCCCCC(O)CC(O)C(CCCCCCCC(C)=O)OS(=O)(=O)O. The summed E-state index contributed by atoms with van der Waals surface area (Å²) in [5.41, 5.74) is 0. The van der Waals surface area contributed by atoms with Crippen molar-refractivity contribution in [2.75, 3.05) is 0 Å². The van der Waals surface area contributed by atoms with Crippen molar-refractivity contribution in [3.8, 4) is 0 Å². The van der Waals surface area contributed by atoms with Crippen LogP contribution in [-0.2, 0) is 19.4 Å². The van der Waals surface area contributed by atoms with E-state index in [9.17, 15) is 23.4 Å². The minimum atomic E-state index is -4.67. The lowest BCUT2D eigenvalue weighted by atomic mass is 9.98. The van der Waals surface area contributed by atoms with E-state index in [1.165, 1.54) is 0 Å². The van der Waals surface area contributed by atoms with Crippen molar-refractivity contribution in [3.05, 3.63) is 0 Å². The van der Waals surface area contributed by atoms with Crippen LogP contribution >= 0.6 is 0 Å². The third-order valence-corrected chi connectivity index (χ3v) is 5.09. The molecule has 162 valence electrons. The molecule has 0 aliphatic rings. The molecule has 0 amide bonds. The second-order valence-corrected chi connectivity index (χ2v) is 8.42. The first-order chi connectivity index (χ1) is 12.7. The number of aliphatic hydroxyl groups excluding tert-OH is 2. The van der Waals surface area contributed by atoms with Gasteiger partial charge in [-0.1, -0.05) is 58.3 Å². The van der Waals surface area contributed by atoms with E-state index in [0.717, 1.165) is 51.4 Å². The highest BCUT2D eigenvalue weighted by atomic mass is 32.3. The van der Waals surface area contributed by atoms with E-state index in [1.54, 1.807) is 6.92 Å². The summed E-state index contributed by atoms with van der Waals surface area (Å²) in [6.07, 6.45) is 6.62. The molecule has 0 spiro atoms. The molecule has 0 fully saturated rings. The number of ketones is 1. The molecule has 0 saturated heterocycles. The lowest BCUT2D eigenvalue weighted by Crippen LogP contribution is -2.34. The van der Waals surface area contributed by atoms with Gasteiger partial charge in [0.25, 0.3) is 0 Å². The number of unbranched alkanes of at least 4 members (excludes halogenated alkanes) is 7. The zero-order chi connectivity index (χ0) is 20.7. The normalized spacial score (nSPS) is 15.4. The van der Waals surface area contributed by atoms with E-state index in [-0.39, 0.29) is 18.6 Å². The molecule has 0 aliphatic carbocycles. The Morgan fingerprint density at radius 1 is 0.926 bits per heavy atom. The van der Waals surface area contributed by atoms with Crippen molar-refractivity contribution >= 4 is 16.2 Å². The van der Waals surface area contributed by atoms with Crippen LogP contribution in [0.5, 0.6) is 0 Å². The summed E-state index contributed by atoms with van der Waals surface area (Å²) in [5, 5.41) is 20.3. The molecule has 3 N–H and O–H groups in total. The Balaban J connectivity index is 4.26. The quantitative estimate of drug-likeness (QED) is 0.233. The van der Waals surface area contributed by atoms with Gasteiger partial charge >= 0.3 is 10.4 Å². The van der Waals surface area contributed by atoms with Gasteiger partial charge in [-0.15, -0.1) is 0 Å². The molecule has 0 aliphatic heterocycles. The average Bonchev–Trinajstić information content (AvgIpc) is 2.55. The van der Waals surface area contributed by atoms with Crippen LogP contribution < -0.4 is 0 Å². The van der Waals surface area contributed by atoms with Crippen molar-refractivity contribution in [1.29, 1.82) is 0 Å². The van der Waals surface area contributed by atoms with Gasteiger partial charge in [-0.2, -0.15) is 8.42 Å². The third-order valence-electron chi connectivity index (χ3n) is 4.60. The maximum absolute atomic E-state index is 11.0. The van der Waals surface area contributed by atoms with Crippen LogP contribution in [0.2, 0.25) is 0 Å². The lowest BCUT2D eigenvalue weighted by Gasteiger charge is -2.23. The average molecular weight is 411 g/mol. The fraction of sp³-hybridized carbons (Fsp3) is 0.947. The van der Waals surface area contributed by atoms with Gasteiger partial charge in [0.05, 0.1) is 12.2 Å². The van der Waals surface area contributed by atoms with Gasteiger partial charge in [-0.25, -0.2) is 4.18 Å². The van der Waals surface area contributed by atoms with Gasteiger partial charge in [0.2, 0.25) is 0 Å². The van der Waals surface area contributed by atoms with E-state index in [4.69, 9.17) is 4.55 Å². The molecule has 0 rings (SSSR count). The van der Waals surface area contributed by atoms with Gasteiger partial charge in [-0.05, 0) is 26.2 Å². The molecule has 0 heterocycles. The maximum Gasteiger partial charge on any atom is 0.397 e. The number of hydrogen-bond acceptors (Lipinski definition) is 6. The largest absolute Gasteiger partial charge is 0.397 e. The van der Waals surface area contributed by atoms with Crippen molar-refractivity contribution in [3.63, 3.8) is 0 Å². The highest BCUT2D eigenvalue weighted by molar-refractivity contribution is 7.80. The minimum Gasteiger partial charge on any atom is -0.393 e. The van der Waals surface area contributed by atoms with E-state index < -0.39 is 28.7 Å². The number of aliphatic hydroxyl groups is 2. The molecular formula is C19H38O7S. The van der Waals surface area contributed by atoms with E-state index in [0.29, 0.717) is 19.3 Å². The molecule has 0 aromatic rings. The van der Waals surface area contributed by atoms with Crippen LogP contribution in [-0.4, -0.2) is 47.3 Å². The van der Waals surface area contributed by atoms with E-state index in [1.807, 2.05) is 0 Å². The predicted octanol–water partition coefficient (Wildman–Crippen LogP) is 3.58. The molecule has 3 unspecified atom stereocenters. The van der Waals surface area contributed by atoms with Crippen LogP contribution in [0.25, 0.3) is 0 Å². The Bertz CT molecular complexity index is 478. The third kappa shape index (κ3) is 17.3. The molecule has 8 heteroatoms. The molecule has 7 nitrogen and oxygen atoms in total. The molecule has 0 radical (unpaired) electrons. The standard InChI is InChI=1S/C19H38O7S/c1-3-4-5-10-13-17(21)15-18(22)19(26-27(23,24)25)14-11-8-6-7-9-12-16(2)20/h17-19,21-22H,3-15H2,1-2H3,(H,23,24,25). The van der Waals surface area contributed by atoms with E-state index >= 15 is 0 Å². The van der Waals surface area contributed by atoms with Crippen LogP contribution in [0.3, 0.4) is 0 Å². The summed E-state index contributed by atoms with van der Waals surface area (Å²) in [5.74, 6) is 0.174. The summed E-state index contributed by atoms with van der Waals surface area (Å²) >= 11 is 0. The first-order valence-electron chi connectivity index (χ1n) is 10.2. The van der Waals surface area contributed by atoms with E-state index in [2.05, 4.69) is 11.1 Å². The van der Waals surface area contributed by atoms with Gasteiger partial charge in [0, 0.05) is 12.8 Å². The highest BCUT2D eigenvalue weighted by Crippen LogP contribution is 2.19. The Hall–Kier alpha value is -0.540. The zero-order valence-corrected chi connectivity index (χ0v) is 17.6. The summed E-state index contributed by atoms with van der Waals surface area (Å²) in [6.45, 7) is 3.66. The van der Waals surface area contributed by atoms with Crippen LogP contribution in [0.1, 0.15) is 97.3 Å². The molecule has 0 aromatic heterocycles. The van der Waals surface area contributed by atoms with Crippen molar-refractivity contribution < 1.29 is 32.2 Å². The smallest absolute Gasteiger partial charge is 0.393 e. The Morgan fingerprint density at radius 3 is 2.07 bits per heavy atom. The maximum atomic E-state index is 11.0. The summed E-state index contributed by atoms with van der Waals surface area (Å²) in [7, 11) is -4.67. The summed E-state index contributed by atoms with van der Waals surface area (Å²) in [6, 6.07) is 0. The number of carbonyl (C=O) groups is 1. The Morgan fingerprint density at radius 2 is 1.48 bits per heavy atom. The first kappa shape index (κ1) is 26.5. The summed E-state index contributed by atoms with van der Waals surface area (Å²) in [4.78, 5) is 10.9. The van der Waals surface area contributed by atoms with Gasteiger partial charge in [-0.3, -0.25) is 4.55 Å². The minimum absolute atomic E-state index is 0.0188. The molecule has 3 atom stereocenters. The second kappa shape index (κ2) is 15.4. The number of hydrogen-bond donors (Lipinski definition) is 3. The number of Topliss-reactive ketones (excluding diaryl/α,β-unsaturated/α-hetero) is 1. The molecule has 27 heavy (non-hydrogen) atoms. The Labute approximate surface area is 164 Å². The molecule has 0 bridgehead atoms. The molecule has 0 aromatic carbocycles. The lowest BCUT2D eigenvalue weighted by molar-refractivity contribution is -0.117. The topological polar surface area (TPSA) is 121 Å². The van der Waals surface area contributed by atoms with Crippen molar-refractivity contribution in [2.45, 2.75) is 116 Å². The fourth-order valence-corrected chi connectivity index (χ4v) is 3.60. The first-order valence-corrected chi connectivity index (χ1v) is 11.5. The molecular weight excluding hydrogens is 372 g/mol. The highest BCUT2D eigenvalue weighted by Gasteiger charge is 2.26. The van der Waals surface area contributed by atoms with Gasteiger partial charge in [0.1, 0.15) is 11.9 Å². The zero-order valence-electron chi connectivity index (χ0n) is 16.8. The fourth-order valence-electron chi connectivity index (χ4n) is 3.07.